The SMILES string of the molecule is CCCNc1cccc(N2CCCC2CN(C)C)n1. The summed E-state index contributed by atoms with van der Waals surface area (Å²) in [7, 11) is 4.28. The Morgan fingerprint density at radius 2 is 2.26 bits per heavy atom. The van der Waals surface area contributed by atoms with E-state index in [1.807, 2.05) is 0 Å². The molecule has 1 unspecified atom stereocenters. The van der Waals surface area contributed by atoms with Crippen molar-refractivity contribution in [2.24, 2.45) is 0 Å². The number of likely N-dealkylation sites (N-methyl/N-ethyl adjacent to an activating group) is 1. The maximum atomic E-state index is 4.75. The maximum absolute atomic E-state index is 4.75. The zero-order valence-corrected chi connectivity index (χ0v) is 12.4. The molecule has 0 radical (unpaired) electrons. The van der Waals surface area contributed by atoms with Gasteiger partial charge in [0.25, 0.3) is 0 Å². The summed E-state index contributed by atoms with van der Waals surface area (Å²) in [5.41, 5.74) is 0. The fourth-order valence-corrected chi connectivity index (χ4v) is 2.68. The van der Waals surface area contributed by atoms with Crippen molar-refractivity contribution in [3.63, 3.8) is 0 Å². The molecule has 1 atom stereocenters. The number of nitrogens with zero attached hydrogens (tertiary/aromatic N) is 3. The van der Waals surface area contributed by atoms with Crippen LogP contribution in [0.3, 0.4) is 0 Å². The van der Waals surface area contributed by atoms with Crippen LogP contribution in [0.1, 0.15) is 26.2 Å². The van der Waals surface area contributed by atoms with E-state index >= 15 is 0 Å². The molecule has 1 N–H and O–H groups in total. The molecule has 1 aliphatic rings. The smallest absolute Gasteiger partial charge is 0.131 e. The van der Waals surface area contributed by atoms with Crippen molar-refractivity contribution in [2.75, 3.05) is 43.9 Å². The number of anilines is 2. The first kappa shape index (κ1) is 14.1. The van der Waals surface area contributed by atoms with Crippen LogP contribution in [0.2, 0.25) is 0 Å². The first-order chi connectivity index (χ1) is 9.20. The molecule has 0 spiro atoms. The molecule has 19 heavy (non-hydrogen) atoms. The third kappa shape index (κ3) is 3.83. The average Bonchev–Trinajstić information content (AvgIpc) is 2.84. The van der Waals surface area contributed by atoms with E-state index in [9.17, 15) is 0 Å². The van der Waals surface area contributed by atoms with Crippen LogP contribution in [-0.2, 0) is 0 Å². The summed E-state index contributed by atoms with van der Waals surface area (Å²) >= 11 is 0. The van der Waals surface area contributed by atoms with Gasteiger partial charge in [-0.25, -0.2) is 4.98 Å². The van der Waals surface area contributed by atoms with Gasteiger partial charge in [0.1, 0.15) is 11.6 Å². The van der Waals surface area contributed by atoms with Gasteiger partial charge < -0.3 is 15.1 Å². The number of rotatable bonds is 6. The lowest BCUT2D eigenvalue weighted by atomic mass is 10.2. The van der Waals surface area contributed by atoms with E-state index in [2.05, 4.69) is 54.3 Å². The van der Waals surface area contributed by atoms with Crippen LogP contribution < -0.4 is 10.2 Å². The average molecular weight is 262 g/mol. The number of nitrogens with one attached hydrogen (secondary N) is 1. The molecule has 1 fully saturated rings. The van der Waals surface area contributed by atoms with Gasteiger partial charge in [-0.2, -0.15) is 0 Å². The summed E-state index contributed by atoms with van der Waals surface area (Å²) in [6.45, 7) is 5.39. The molecule has 106 valence electrons. The van der Waals surface area contributed by atoms with Gasteiger partial charge >= 0.3 is 0 Å². The van der Waals surface area contributed by atoms with E-state index in [1.54, 1.807) is 0 Å². The van der Waals surface area contributed by atoms with Crippen LogP contribution in [0, 0.1) is 0 Å². The predicted molar refractivity (Wildman–Crippen MR) is 81.9 cm³/mol. The molecule has 0 saturated carbocycles. The molecular formula is C15H26N4. The quantitative estimate of drug-likeness (QED) is 0.853. The Bertz CT molecular complexity index is 391. The van der Waals surface area contributed by atoms with E-state index in [-0.39, 0.29) is 0 Å². The fraction of sp³-hybridized carbons (Fsp3) is 0.667. The molecule has 1 saturated heterocycles. The molecule has 2 rings (SSSR count). The highest BCUT2D eigenvalue weighted by atomic mass is 15.3. The van der Waals surface area contributed by atoms with Crippen molar-refractivity contribution >= 4 is 11.6 Å². The molecule has 4 heteroatoms. The van der Waals surface area contributed by atoms with Crippen molar-refractivity contribution in [1.82, 2.24) is 9.88 Å². The van der Waals surface area contributed by atoms with Gasteiger partial charge in [0.15, 0.2) is 0 Å². The molecule has 0 aromatic carbocycles. The lowest BCUT2D eigenvalue weighted by Gasteiger charge is -2.28. The van der Waals surface area contributed by atoms with Crippen LogP contribution in [0.25, 0.3) is 0 Å². The predicted octanol–water partition coefficient (Wildman–Crippen LogP) is 2.43. The summed E-state index contributed by atoms with van der Waals surface area (Å²) in [6.07, 6.45) is 3.66. The summed E-state index contributed by atoms with van der Waals surface area (Å²) in [5.74, 6) is 2.11. The lowest BCUT2D eigenvalue weighted by molar-refractivity contribution is 0.371. The van der Waals surface area contributed by atoms with E-state index < -0.39 is 0 Å². The molecule has 0 bridgehead atoms. The highest BCUT2D eigenvalue weighted by molar-refractivity contribution is 5.48. The van der Waals surface area contributed by atoms with E-state index in [4.69, 9.17) is 4.98 Å². The van der Waals surface area contributed by atoms with E-state index in [0.29, 0.717) is 6.04 Å². The topological polar surface area (TPSA) is 31.4 Å². The Morgan fingerprint density at radius 1 is 1.42 bits per heavy atom. The minimum Gasteiger partial charge on any atom is -0.370 e. The zero-order chi connectivity index (χ0) is 13.7. The Balaban J connectivity index is 2.07. The number of hydrogen-bond acceptors (Lipinski definition) is 4. The van der Waals surface area contributed by atoms with Gasteiger partial charge in [0.2, 0.25) is 0 Å². The highest BCUT2D eigenvalue weighted by Crippen LogP contribution is 2.25. The van der Waals surface area contributed by atoms with Crippen molar-refractivity contribution in [2.45, 2.75) is 32.2 Å². The highest BCUT2D eigenvalue weighted by Gasteiger charge is 2.25. The molecule has 4 nitrogen and oxygen atoms in total. The molecule has 2 heterocycles. The molecule has 1 aromatic heterocycles. The summed E-state index contributed by atoms with van der Waals surface area (Å²) in [5, 5.41) is 3.37. The van der Waals surface area contributed by atoms with E-state index in [0.717, 1.165) is 37.7 Å². The number of hydrogen-bond donors (Lipinski definition) is 1. The second-order valence-corrected chi connectivity index (χ2v) is 5.56. The van der Waals surface area contributed by atoms with E-state index in [1.165, 1.54) is 12.8 Å². The normalized spacial score (nSPS) is 19.2. The molecular weight excluding hydrogens is 236 g/mol. The minimum atomic E-state index is 0.601. The third-order valence-electron chi connectivity index (χ3n) is 3.54. The monoisotopic (exact) mass is 262 g/mol. The summed E-state index contributed by atoms with van der Waals surface area (Å²) in [6, 6.07) is 6.89. The molecule has 1 aliphatic heterocycles. The van der Waals surface area contributed by atoms with Gasteiger partial charge in [0.05, 0.1) is 0 Å². The first-order valence-electron chi connectivity index (χ1n) is 7.33. The maximum Gasteiger partial charge on any atom is 0.131 e. The van der Waals surface area contributed by atoms with Gasteiger partial charge in [-0.3, -0.25) is 0 Å². The van der Waals surface area contributed by atoms with Crippen LogP contribution in [0.5, 0.6) is 0 Å². The molecule has 0 aliphatic carbocycles. The fourth-order valence-electron chi connectivity index (χ4n) is 2.68. The molecule has 1 aromatic rings. The zero-order valence-electron chi connectivity index (χ0n) is 12.4. The number of pyridine rings is 1. The van der Waals surface area contributed by atoms with Crippen molar-refractivity contribution in [3.8, 4) is 0 Å². The standard InChI is InChI=1S/C15H26N4/c1-4-10-16-14-8-5-9-15(17-14)19-11-6-7-13(19)12-18(2)3/h5,8-9,13H,4,6-7,10-12H2,1-3H3,(H,16,17). The second-order valence-electron chi connectivity index (χ2n) is 5.56. The Labute approximate surface area is 116 Å². The summed E-state index contributed by atoms with van der Waals surface area (Å²) < 4.78 is 0. The number of aromatic nitrogens is 1. The minimum absolute atomic E-state index is 0.601. The molecule has 0 amide bonds. The van der Waals surface area contributed by atoms with Gasteiger partial charge in [-0.15, -0.1) is 0 Å². The first-order valence-corrected chi connectivity index (χ1v) is 7.33. The van der Waals surface area contributed by atoms with Crippen molar-refractivity contribution in [3.05, 3.63) is 18.2 Å². The Hall–Kier alpha value is -1.29. The van der Waals surface area contributed by atoms with Gasteiger partial charge in [0, 0.05) is 25.7 Å². The van der Waals surface area contributed by atoms with Crippen LogP contribution >= 0.6 is 0 Å². The van der Waals surface area contributed by atoms with Gasteiger partial charge in [-0.1, -0.05) is 13.0 Å². The third-order valence-corrected chi connectivity index (χ3v) is 3.54. The Morgan fingerprint density at radius 3 is 3.00 bits per heavy atom. The van der Waals surface area contributed by atoms with Crippen molar-refractivity contribution in [1.29, 1.82) is 0 Å². The van der Waals surface area contributed by atoms with Crippen molar-refractivity contribution < 1.29 is 0 Å². The summed E-state index contributed by atoms with van der Waals surface area (Å²) in [4.78, 5) is 9.47. The lowest BCUT2D eigenvalue weighted by Crippen LogP contribution is -2.38. The van der Waals surface area contributed by atoms with Crippen LogP contribution in [0.15, 0.2) is 18.2 Å². The van der Waals surface area contributed by atoms with Crippen LogP contribution in [0.4, 0.5) is 11.6 Å². The van der Waals surface area contributed by atoms with Crippen LogP contribution in [-0.4, -0.2) is 49.7 Å². The Kier molecular flexibility index (Phi) is 5.02. The van der Waals surface area contributed by atoms with Gasteiger partial charge in [-0.05, 0) is 45.5 Å². The second kappa shape index (κ2) is 6.75. The largest absolute Gasteiger partial charge is 0.370 e.